The van der Waals surface area contributed by atoms with Gasteiger partial charge in [-0.15, -0.1) is 11.3 Å². The highest BCUT2D eigenvalue weighted by atomic mass is 35.5. The zero-order chi connectivity index (χ0) is 22.0. The second-order valence-electron chi connectivity index (χ2n) is 6.91. The van der Waals surface area contributed by atoms with Crippen LogP contribution in [0.5, 0.6) is 0 Å². The molecule has 0 saturated carbocycles. The fourth-order valence-corrected chi connectivity index (χ4v) is 5.08. The van der Waals surface area contributed by atoms with Crippen molar-refractivity contribution in [2.24, 2.45) is 0 Å². The zero-order valence-electron chi connectivity index (χ0n) is 17.0. The van der Waals surface area contributed by atoms with Crippen molar-refractivity contribution in [1.82, 2.24) is 9.55 Å². The maximum absolute atomic E-state index is 13.2. The first-order valence-electron chi connectivity index (χ1n) is 9.74. The summed E-state index contributed by atoms with van der Waals surface area (Å²) >= 11 is 8.64. The smallest absolute Gasteiger partial charge is 0.276 e. The topological polar surface area (TPSA) is 55.2 Å². The lowest BCUT2D eigenvalue weighted by Crippen LogP contribution is -2.32. The Morgan fingerprint density at radius 3 is 2.68 bits per heavy atom. The molecule has 0 aliphatic carbocycles. The molecular formula is C23H20ClN3O2S2. The number of thioether (sulfide) groups is 1. The molecule has 1 amide bonds. The van der Waals surface area contributed by atoms with Crippen molar-refractivity contribution in [2.75, 3.05) is 17.2 Å². The molecule has 4 aromatic rings. The molecule has 0 saturated heterocycles. The first-order valence-corrected chi connectivity index (χ1v) is 12.0. The van der Waals surface area contributed by atoms with Crippen LogP contribution in [-0.2, 0) is 4.79 Å². The van der Waals surface area contributed by atoms with Crippen LogP contribution in [0.2, 0.25) is 5.02 Å². The van der Waals surface area contributed by atoms with Gasteiger partial charge in [0.2, 0.25) is 5.91 Å². The number of aromatic nitrogens is 2. The summed E-state index contributed by atoms with van der Waals surface area (Å²) in [5, 5.41) is 2.91. The molecule has 2 heterocycles. The lowest BCUT2D eigenvalue weighted by Gasteiger charge is -2.21. The minimum atomic E-state index is -0.150. The van der Waals surface area contributed by atoms with Crippen molar-refractivity contribution >= 4 is 56.5 Å². The highest BCUT2D eigenvalue weighted by Gasteiger charge is 2.19. The molecule has 0 atom stereocenters. The normalized spacial score (nSPS) is 11.1. The number of benzene rings is 2. The fourth-order valence-electron chi connectivity index (χ4n) is 3.31. The van der Waals surface area contributed by atoms with Crippen LogP contribution in [0.15, 0.2) is 69.9 Å². The molecule has 2 aromatic heterocycles. The summed E-state index contributed by atoms with van der Waals surface area (Å²) in [4.78, 5) is 32.6. The Balaban J connectivity index is 1.67. The fraction of sp³-hybridized carbons (Fsp3) is 0.174. The third-order valence-corrected chi connectivity index (χ3v) is 6.86. The molecule has 2 aromatic carbocycles. The predicted octanol–water partition coefficient (Wildman–Crippen LogP) is 5.55. The Kier molecular flexibility index (Phi) is 6.46. The average molecular weight is 470 g/mol. The minimum absolute atomic E-state index is 0.0413. The van der Waals surface area contributed by atoms with E-state index in [-0.39, 0.29) is 17.2 Å². The summed E-state index contributed by atoms with van der Waals surface area (Å²) in [6, 6.07) is 16.7. The number of carbonyl (C=O) groups excluding carboxylic acids is 1. The van der Waals surface area contributed by atoms with Gasteiger partial charge in [-0.3, -0.25) is 14.2 Å². The van der Waals surface area contributed by atoms with Gasteiger partial charge in [-0.25, -0.2) is 4.98 Å². The lowest BCUT2D eigenvalue weighted by atomic mass is 10.2. The van der Waals surface area contributed by atoms with Crippen LogP contribution >= 0.6 is 34.7 Å². The number of thiophene rings is 1. The maximum atomic E-state index is 13.2. The van der Waals surface area contributed by atoms with E-state index in [0.29, 0.717) is 32.6 Å². The number of halogens is 1. The molecule has 0 fully saturated rings. The van der Waals surface area contributed by atoms with Gasteiger partial charge < -0.3 is 4.90 Å². The van der Waals surface area contributed by atoms with Crippen molar-refractivity contribution in [1.29, 1.82) is 0 Å². The molecular weight excluding hydrogens is 450 g/mol. The molecule has 0 spiro atoms. The van der Waals surface area contributed by atoms with E-state index in [1.54, 1.807) is 33.7 Å². The number of carbonyl (C=O) groups is 1. The van der Waals surface area contributed by atoms with Crippen molar-refractivity contribution in [3.63, 3.8) is 0 Å². The Morgan fingerprint density at radius 2 is 1.97 bits per heavy atom. The van der Waals surface area contributed by atoms with E-state index >= 15 is 0 Å². The Morgan fingerprint density at radius 1 is 1.19 bits per heavy atom. The summed E-state index contributed by atoms with van der Waals surface area (Å²) in [5.41, 5.74) is 3.12. The molecule has 0 bridgehead atoms. The number of anilines is 1. The molecule has 0 unspecified atom stereocenters. The van der Waals surface area contributed by atoms with Crippen LogP contribution in [0.3, 0.4) is 0 Å². The van der Waals surface area contributed by atoms with Gasteiger partial charge in [0, 0.05) is 17.3 Å². The molecule has 8 heteroatoms. The SMILES string of the molecule is CCN(C(=O)CSc1nc2ccsc2c(=O)n1-c1ccc(Cl)cc1)c1cccc(C)c1. The van der Waals surface area contributed by atoms with E-state index in [0.717, 1.165) is 11.3 Å². The van der Waals surface area contributed by atoms with Gasteiger partial charge in [-0.2, -0.15) is 0 Å². The van der Waals surface area contributed by atoms with Crippen molar-refractivity contribution in [3.05, 3.63) is 80.9 Å². The monoisotopic (exact) mass is 469 g/mol. The Labute approximate surface area is 193 Å². The van der Waals surface area contributed by atoms with Crippen LogP contribution < -0.4 is 10.5 Å². The highest BCUT2D eigenvalue weighted by Crippen LogP contribution is 2.25. The minimum Gasteiger partial charge on any atom is -0.312 e. The molecule has 0 aliphatic rings. The lowest BCUT2D eigenvalue weighted by molar-refractivity contribution is -0.116. The largest absolute Gasteiger partial charge is 0.312 e. The quantitative estimate of drug-likeness (QED) is 0.274. The van der Waals surface area contributed by atoms with Crippen LogP contribution in [0.25, 0.3) is 15.9 Å². The predicted molar refractivity (Wildman–Crippen MR) is 130 cm³/mol. The third kappa shape index (κ3) is 4.54. The van der Waals surface area contributed by atoms with Gasteiger partial charge in [-0.05, 0) is 67.3 Å². The molecule has 31 heavy (non-hydrogen) atoms. The van der Waals surface area contributed by atoms with Gasteiger partial charge >= 0.3 is 0 Å². The highest BCUT2D eigenvalue weighted by molar-refractivity contribution is 7.99. The first-order chi connectivity index (χ1) is 15.0. The summed E-state index contributed by atoms with van der Waals surface area (Å²) in [7, 11) is 0. The number of amides is 1. The summed E-state index contributed by atoms with van der Waals surface area (Å²) in [6.07, 6.45) is 0. The number of hydrogen-bond acceptors (Lipinski definition) is 5. The molecule has 0 radical (unpaired) electrons. The van der Waals surface area contributed by atoms with E-state index in [2.05, 4.69) is 4.98 Å². The summed E-state index contributed by atoms with van der Waals surface area (Å²) in [5.74, 6) is 0.123. The molecule has 0 N–H and O–H groups in total. The van der Waals surface area contributed by atoms with Crippen LogP contribution in [0, 0.1) is 6.92 Å². The summed E-state index contributed by atoms with van der Waals surface area (Å²) < 4.78 is 2.14. The van der Waals surface area contributed by atoms with Gasteiger partial charge in [0.15, 0.2) is 5.16 Å². The molecule has 0 aliphatic heterocycles. The summed E-state index contributed by atoms with van der Waals surface area (Å²) in [6.45, 7) is 4.51. The molecule has 4 rings (SSSR count). The van der Waals surface area contributed by atoms with E-state index in [4.69, 9.17) is 11.6 Å². The Bertz CT molecular complexity index is 1300. The third-order valence-electron chi connectivity index (χ3n) is 4.79. The average Bonchev–Trinajstić information content (AvgIpc) is 3.23. The zero-order valence-corrected chi connectivity index (χ0v) is 19.4. The van der Waals surface area contributed by atoms with Gasteiger partial charge in [-0.1, -0.05) is 35.5 Å². The molecule has 5 nitrogen and oxygen atoms in total. The van der Waals surface area contributed by atoms with E-state index < -0.39 is 0 Å². The van der Waals surface area contributed by atoms with Gasteiger partial charge in [0.25, 0.3) is 5.56 Å². The standard InChI is InChI=1S/C23H20ClN3O2S2/c1-3-26(18-6-4-5-15(2)13-18)20(28)14-31-23-25-19-11-12-30-21(19)22(29)27(23)17-9-7-16(24)8-10-17/h4-13H,3,14H2,1-2H3. The van der Waals surface area contributed by atoms with Crippen molar-refractivity contribution in [3.8, 4) is 5.69 Å². The number of aryl methyl sites for hydroxylation is 1. The Hall–Kier alpha value is -2.61. The van der Waals surface area contributed by atoms with Crippen LogP contribution in [0.4, 0.5) is 5.69 Å². The second kappa shape index (κ2) is 9.26. The van der Waals surface area contributed by atoms with E-state index in [1.807, 2.05) is 49.6 Å². The van der Waals surface area contributed by atoms with E-state index in [1.165, 1.54) is 23.1 Å². The van der Waals surface area contributed by atoms with Gasteiger partial charge in [0.1, 0.15) is 4.70 Å². The van der Waals surface area contributed by atoms with Crippen molar-refractivity contribution < 1.29 is 4.79 Å². The second-order valence-corrected chi connectivity index (χ2v) is 9.21. The first kappa shape index (κ1) is 21.6. The molecule has 158 valence electrons. The maximum Gasteiger partial charge on any atom is 0.276 e. The van der Waals surface area contributed by atoms with E-state index in [9.17, 15) is 9.59 Å². The number of rotatable bonds is 6. The van der Waals surface area contributed by atoms with Gasteiger partial charge in [0.05, 0.1) is 17.0 Å². The van der Waals surface area contributed by atoms with Crippen molar-refractivity contribution in [2.45, 2.75) is 19.0 Å². The number of fused-ring (bicyclic) bond motifs is 1. The van der Waals surface area contributed by atoms with Crippen LogP contribution in [-0.4, -0.2) is 27.8 Å². The number of nitrogens with zero attached hydrogens (tertiary/aromatic N) is 3. The number of hydrogen-bond donors (Lipinski definition) is 0. The van der Waals surface area contributed by atoms with Crippen LogP contribution in [0.1, 0.15) is 12.5 Å².